The third-order valence-corrected chi connectivity index (χ3v) is 11.1. The fraction of sp³-hybridized carbons (Fsp3) is 0.889. The summed E-state index contributed by atoms with van der Waals surface area (Å²) < 4.78 is 12.9. The van der Waals surface area contributed by atoms with Gasteiger partial charge in [-0.25, -0.2) is 0 Å². The van der Waals surface area contributed by atoms with Crippen LogP contribution in [0.25, 0.3) is 0 Å². The van der Waals surface area contributed by atoms with Crippen LogP contribution in [0, 0.1) is 46.3 Å². The van der Waals surface area contributed by atoms with Crippen molar-refractivity contribution in [2.75, 3.05) is 6.61 Å². The fourth-order valence-corrected chi connectivity index (χ4v) is 9.60. The van der Waals surface area contributed by atoms with Gasteiger partial charge in [0.2, 0.25) is 5.79 Å². The summed E-state index contributed by atoms with van der Waals surface area (Å²) in [4.78, 5) is 13.1. The van der Waals surface area contributed by atoms with E-state index in [-0.39, 0.29) is 34.7 Å². The zero-order valence-electron chi connectivity index (χ0n) is 19.7. The van der Waals surface area contributed by atoms with Crippen molar-refractivity contribution in [2.24, 2.45) is 46.3 Å². The summed E-state index contributed by atoms with van der Waals surface area (Å²) in [6, 6.07) is 0. The molecule has 4 heteroatoms. The minimum Gasteiger partial charge on any atom is -0.393 e. The second-order valence-corrected chi connectivity index (χ2v) is 12.6. The molecule has 172 valence electrons. The molecule has 2 saturated heterocycles. The van der Waals surface area contributed by atoms with Crippen LogP contribution in [0.15, 0.2) is 11.6 Å². The first-order valence-corrected chi connectivity index (χ1v) is 12.9. The van der Waals surface area contributed by atoms with Gasteiger partial charge in [-0.2, -0.15) is 0 Å². The van der Waals surface area contributed by atoms with Gasteiger partial charge >= 0.3 is 0 Å². The second kappa shape index (κ2) is 6.67. The van der Waals surface area contributed by atoms with E-state index in [4.69, 9.17) is 9.47 Å². The van der Waals surface area contributed by atoms with Crippen molar-refractivity contribution in [3.05, 3.63) is 11.6 Å². The van der Waals surface area contributed by atoms with E-state index in [1.165, 1.54) is 18.4 Å². The standard InChI is InChI=1S/C27H40O4/c1-15-11-23(29)27(30-14-15)16(2)24-22(31-27)13-21-19-6-5-17-12-18(28)7-9-25(17,3)20(19)8-10-26(21,24)4/h5,15-16,18-22,24,28H,6-14H2,1-4H3/t15-,16+,18+,19-,20+,21+,22+,24+,25+,26+,27+/m1/s1. The smallest absolute Gasteiger partial charge is 0.232 e. The lowest BCUT2D eigenvalue weighted by molar-refractivity contribution is -0.251. The quantitative estimate of drug-likeness (QED) is 0.558. The minimum atomic E-state index is -0.974. The third-order valence-electron chi connectivity index (χ3n) is 11.1. The van der Waals surface area contributed by atoms with E-state index in [9.17, 15) is 9.90 Å². The molecule has 5 fully saturated rings. The van der Waals surface area contributed by atoms with E-state index in [1.807, 2.05) is 0 Å². The van der Waals surface area contributed by atoms with Crippen LogP contribution in [0.2, 0.25) is 0 Å². The van der Waals surface area contributed by atoms with Crippen LogP contribution in [-0.2, 0) is 14.3 Å². The summed E-state index contributed by atoms with van der Waals surface area (Å²) in [5, 5.41) is 10.2. The van der Waals surface area contributed by atoms with Gasteiger partial charge in [-0.1, -0.05) is 39.3 Å². The Hall–Kier alpha value is -0.710. The van der Waals surface area contributed by atoms with Gasteiger partial charge in [-0.3, -0.25) is 4.79 Å². The normalized spacial score (nSPS) is 58.4. The molecule has 0 radical (unpaired) electrons. The molecule has 3 saturated carbocycles. The van der Waals surface area contributed by atoms with Crippen LogP contribution < -0.4 is 0 Å². The molecule has 0 unspecified atom stereocenters. The number of ether oxygens (including phenoxy) is 2. The maximum atomic E-state index is 13.1. The molecule has 2 aliphatic heterocycles. The number of carbonyl (C=O) groups excluding carboxylic acids is 1. The van der Waals surface area contributed by atoms with E-state index in [2.05, 4.69) is 33.8 Å². The average molecular weight is 429 g/mol. The summed E-state index contributed by atoms with van der Waals surface area (Å²) in [6.07, 6.45) is 10.8. The minimum absolute atomic E-state index is 0.138. The maximum Gasteiger partial charge on any atom is 0.232 e. The van der Waals surface area contributed by atoms with Gasteiger partial charge in [-0.05, 0) is 85.4 Å². The number of allylic oxidation sites excluding steroid dienone is 1. The molecule has 0 amide bonds. The van der Waals surface area contributed by atoms with E-state index in [0.717, 1.165) is 38.0 Å². The van der Waals surface area contributed by atoms with Gasteiger partial charge in [-0.15, -0.1) is 0 Å². The first kappa shape index (κ1) is 20.9. The summed E-state index contributed by atoms with van der Waals surface area (Å²) in [5.74, 6) is 2.17. The number of hydrogen-bond donors (Lipinski definition) is 1. The zero-order valence-corrected chi connectivity index (χ0v) is 19.7. The number of Topliss-reactive ketones (excluding diaryl/α,β-unsaturated/α-hetero) is 1. The molecule has 1 N–H and O–H groups in total. The summed E-state index contributed by atoms with van der Waals surface area (Å²) in [6.45, 7) is 9.97. The van der Waals surface area contributed by atoms with E-state index >= 15 is 0 Å². The van der Waals surface area contributed by atoms with Crippen LogP contribution in [0.1, 0.15) is 79.1 Å². The molecule has 11 atom stereocenters. The molecule has 4 nitrogen and oxygen atoms in total. The van der Waals surface area contributed by atoms with Crippen molar-refractivity contribution in [2.45, 2.75) is 97.1 Å². The van der Waals surface area contributed by atoms with Crippen molar-refractivity contribution in [1.82, 2.24) is 0 Å². The lowest BCUT2D eigenvalue weighted by Gasteiger charge is -2.58. The highest BCUT2D eigenvalue weighted by molar-refractivity contribution is 5.87. The summed E-state index contributed by atoms with van der Waals surface area (Å²) >= 11 is 0. The molecule has 0 aromatic rings. The van der Waals surface area contributed by atoms with E-state index < -0.39 is 5.79 Å². The number of hydrogen-bond acceptors (Lipinski definition) is 4. The molecule has 6 aliphatic rings. The molecule has 31 heavy (non-hydrogen) atoms. The molecular weight excluding hydrogens is 388 g/mol. The molecule has 1 spiro atoms. The highest BCUT2D eigenvalue weighted by atomic mass is 16.7. The Balaban J connectivity index is 1.30. The Morgan fingerprint density at radius 2 is 1.90 bits per heavy atom. The topological polar surface area (TPSA) is 55.8 Å². The molecule has 6 rings (SSSR count). The van der Waals surface area contributed by atoms with Crippen LogP contribution in [0.3, 0.4) is 0 Å². The number of aliphatic hydroxyl groups excluding tert-OH is 1. The zero-order chi connectivity index (χ0) is 21.8. The molecular formula is C27H40O4. The Labute approximate surface area is 187 Å². The van der Waals surface area contributed by atoms with Gasteiger partial charge in [0.15, 0.2) is 5.78 Å². The number of rotatable bonds is 0. The third kappa shape index (κ3) is 2.62. The highest BCUT2D eigenvalue weighted by Crippen LogP contribution is 2.70. The van der Waals surface area contributed by atoms with Gasteiger partial charge in [0, 0.05) is 12.3 Å². The monoisotopic (exact) mass is 428 g/mol. The predicted octanol–water partition coefficient (Wildman–Crippen LogP) is 4.89. The second-order valence-electron chi connectivity index (χ2n) is 12.6. The molecule has 4 aliphatic carbocycles. The summed E-state index contributed by atoms with van der Waals surface area (Å²) in [5.41, 5.74) is 2.04. The number of carbonyl (C=O) groups is 1. The van der Waals surface area contributed by atoms with Crippen molar-refractivity contribution in [3.63, 3.8) is 0 Å². The van der Waals surface area contributed by atoms with E-state index in [1.54, 1.807) is 0 Å². The Morgan fingerprint density at radius 3 is 2.68 bits per heavy atom. The average Bonchev–Trinajstić information content (AvgIpc) is 3.17. The maximum absolute atomic E-state index is 13.1. The number of fused-ring (bicyclic) bond motifs is 7. The number of aliphatic hydroxyl groups is 1. The predicted molar refractivity (Wildman–Crippen MR) is 118 cm³/mol. The highest BCUT2D eigenvalue weighted by Gasteiger charge is 2.70. The molecule has 2 heterocycles. The van der Waals surface area contributed by atoms with Gasteiger partial charge in [0.25, 0.3) is 0 Å². The largest absolute Gasteiger partial charge is 0.393 e. The van der Waals surface area contributed by atoms with Crippen molar-refractivity contribution >= 4 is 5.78 Å². The fourth-order valence-electron chi connectivity index (χ4n) is 9.60. The van der Waals surface area contributed by atoms with Crippen molar-refractivity contribution in [3.8, 4) is 0 Å². The molecule has 0 bridgehead atoms. The lowest BCUT2D eigenvalue weighted by atomic mass is 9.47. The lowest BCUT2D eigenvalue weighted by Crippen LogP contribution is -2.55. The van der Waals surface area contributed by atoms with Crippen LogP contribution in [-0.4, -0.2) is 35.5 Å². The Morgan fingerprint density at radius 1 is 1.10 bits per heavy atom. The number of ketones is 1. The molecule has 0 aromatic heterocycles. The Bertz CT molecular complexity index is 820. The van der Waals surface area contributed by atoms with Gasteiger partial charge < -0.3 is 14.6 Å². The first-order chi connectivity index (χ1) is 14.7. The van der Waals surface area contributed by atoms with E-state index in [0.29, 0.717) is 36.7 Å². The summed E-state index contributed by atoms with van der Waals surface area (Å²) in [7, 11) is 0. The van der Waals surface area contributed by atoms with Crippen molar-refractivity contribution < 1.29 is 19.4 Å². The molecule has 0 aromatic carbocycles. The van der Waals surface area contributed by atoms with Crippen molar-refractivity contribution in [1.29, 1.82) is 0 Å². The van der Waals surface area contributed by atoms with Crippen LogP contribution >= 0.6 is 0 Å². The van der Waals surface area contributed by atoms with Crippen LogP contribution in [0.4, 0.5) is 0 Å². The first-order valence-electron chi connectivity index (χ1n) is 12.9. The Kier molecular flexibility index (Phi) is 4.49. The van der Waals surface area contributed by atoms with Gasteiger partial charge in [0.1, 0.15) is 0 Å². The van der Waals surface area contributed by atoms with Gasteiger partial charge in [0.05, 0.1) is 18.8 Å². The van der Waals surface area contributed by atoms with Crippen LogP contribution in [0.5, 0.6) is 0 Å². The SMILES string of the molecule is C[C@H]1CO[C@@]2(O[C@H]3C[C@H]4[C@@H]5CC=C6C[C@@H](O)CC[C@]6(C)[C@H]5CC[C@]4(C)[C@H]3[C@@H]2C)C(=O)C1.